The molecule has 1 amide bonds. The number of carbonyl (C=O) groups excluding carboxylic acids is 1. The molecule has 0 spiro atoms. The van der Waals surface area contributed by atoms with E-state index in [2.05, 4.69) is 25.5 Å². The summed E-state index contributed by atoms with van der Waals surface area (Å²) >= 11 is 2.70. The summed E-state index contributed by atoms with van der Waals surface area (Å²) in [5.41, 5.74) is 12.4. The number of nitrogens with zero attached hydrogens (tertiary/aromatic N) is 5. The number of aromatic nitrogens is 5. The minimum absolute atomic E-state index is 0.0589. The predicted octanol–water partition coefficient (Wildman–Crippen LogP) is 1.47. The average Bonchev–Trinajstić information content (AvgIpc) is 3.03. The van der Waals surface area contributed by atoms with E-state index in [-0.39, 0.29) is 11.7 Å². The minimum Gasteiger partial charge on any atom is -0.383 e. The Morgan fingerprint density at radius 3 is 2.54 bits per heavy atom. The third kappa shape index (κ3) is 5.60. The SMILES string of the molecule is Cn1c(CSc2nc(N)cc(N)n2)nnc1SCC(=O)NCc1ccccc1. The van der Waals surface area contributed by atoms with Crippen molar-refractivity contribution in [1.82, 2.24) is 30.0 Å². The summed E-state index contributed by atoms with van der Waals surface area (Å²) < 4.78 is 1.85. The summed E-state index contributed by atoms with van der Waals surface area (Å²) in [6.45, 7) is 0.504. The summed E-state index contributed by atoms with van der Waals surface area (Å²) in [6.07, 6.45) is 0. The average molecular weight is 417 g/mol. The van der Waals surface area contributed by atoms with Crippen molar-refractivity contribution in [3.05, 3.63) is 47.8 Å². The number of nitrogens with two attached hydrogens (primary N) is 2. The number of nitrogens with one attached hydrogen (secondary N) is 1. The molecule has 5 N–H and O–H groups in total. The maximum absolute atomic E-state index is 12.0. The summed E-state index contributed by atoms with van der Waals surface area (Å²) in [5, 5.41) is 12.4. The number of hydrogen-bond acceptors (Lipinski definition) is 9. The molecular weight excluding hydrogens is 396 g/mol. The Bertz CT molecular complexity index is 927. The van der Waals surface area contributed by atoms with E-state index < -0.39 is 0 Å². The first-order valence-corrected chi connectivity index (χ1v) is 10.3. The van der Waals surface area contributed by atoms with Crippen LogP contribution in [0.1, 0.15) is 11.4 Å². The van der Waals surface area contributed by atoms with Gasteiger partial charge in [-0.1, -0.05) is 53.9 Å². The molecule has 0 aliphatic heterocycles. The molecule has 1 aromatic carbocycles. The Kier molecular flexibility index (Phi) is 6.71. The van der Waals surface area contributed by atoms with Crippen LogP contribution in [-0.4, -0.2) is 36.4 Å². The molecule has 0 fully saturated rings. The standard InChI is InChI=1S/C17H20N8OS2/c1-25-14(9-27-16-21-12(18)7-13(19)22-16)23-24-17(25)28-10-15(26)20-8-11-5-3-2-4-6-11/h2-7H,8-10H2,1H3,(H,20,26)(H4,18,19,21,22). The predicted molar refractivity (Wildman–Crippen MR) is 110 cm³/mol. The maximum atomic E-state index is 12.0. The minimum atomic E-state index is -0.0589. The zero-order valence-corrected chi connectivity index (χ0v) is 16.8. The maximum Gasteiger partial charge on any atom is 0.230 e. The summed E-state index contributed by atoms with van der Waals surface area (Å²) in [6, 6.07) is 11.3. The van der Waals surface area contributed by atoms with E-state index in [0.29, 0.717) is 34.2 Å². The fourth-order valence-corrected chi connectivity index (χ4v) is 3.84. The molecule has 0 unspecified atom stereocenters. The molecule has 146 valence electrons. The number of benzene rings is 1. The number of rotatable bonds is 8. The summed E-state index contributed by atoms with van der Waals surface area (Å²) in [5.74, 6) is 2.10. The van der Waals surface area contributed by atoms with Gasteiger partial charge < -0.3 is 21.4 Å². The summed E-state index contributed by atoms with van der Waals surface area (Å²) in [4.78, 5) is 20.3. The number of anilines is 2. The third-order valence-electron chi connectivity index (χ3n) is 3.67. The number of hydrogen-bond donors (Lipinski definition) is 3. The number of amides is 1. The lowest BCUT2D eigenvalue weighted by Gasteiger charge is -2.06. The van der Waals surface area contributed by atoms with E-state index in [1.54, 1.807) is 0 Å². The van der Waals surface area contributed by atoms with Gasteiger partial charge in [-0.15, -0.1) is 10.2 Å². The molecule has 0 radical (unpaired) electrons. The molecule has 0 saturated carbocycles. The van der Waals surface area contributed by atoms with Gasteiger partial charge in [0.1, 0.15) is 17.5 Å². The van der Waals surface area contributed by atoms with Crippen molar-refractivity contribution in [2.45, 2.75) is 22.6 Å². The third-order valence-corrected chi connectivity index (χ3v) is 5.53. The van der Waals surface area contributed by atoms with Gasteiger partial charge in [0, 0.05) is 19.7 Å². The van der Waals surface area contributed by atoms with Crippen molar-refractivity contribution in [2.75, 3.05) is 17.2 Å². The van der Waals surface area contributed by atoms with E-state index in [9.17, 15) is 4.79 Å². The van der Waals surface area contributed by atoms with Crippen molar-refractivity contribution in [3.8, 4) is 0 Å². The quantitative estimate of drug-likeness (QED) is 0.368. The zero-order chi connectivity index (χ0) is 19.9. The topological polar surface area (TPSA) is 138 Å². The molecule has 9 nitrogen and oxygen atoms in total. The molecule has 11 heteroatoms. The van der Waals surface area contributed by atoms with Crippen LogP contribution in [0.4, 0.5) is 11.6 Å². The van der Waals surface area contributed by atoms with Gasteiger partial charge in [-0.3, -0.25) is 4.79 Å². The molecule has 0 bridgehead atoms. The van der Waals surface area contributed by atoms with Crippen LogP contribution < -0.4 is 16.8 Å². The van der Waals surface area contributed by atoms with Crippen LogP contribution in [0.5, 0.6) is 0 Å². The van der Waals surface area contributed by atoms with E-state index in [1.807, 2.05) is 41.9 Å². The Hall–Kier alpha value is -2.79. The first kappa shape index (κ1) is 20.0. The van der Waals surface area contributed by atoms with Crippen LogP contribution in [0.15, 0.2) is 46.7 Å². The highest BCUT2D eigenvalue weighted by molar-refractivity contribution is 7.99. The molecule has 2 aromatic heterocycles. The molecule has 3 aromatic rings. The second kappa shape index (κ2) is 9.42. The van der Waals surface area contributed by atoms with E-state index >= 15 is 0 Å². The van der Waals surface area contributed by atoms with Crippen molar-refractivity contribution < 1.29 is 4.79 Å². The fraction of sp³-hybridized carbons (Fsp3) is 0.235. The van der Waals surface area contributed by atoms with Gasteiger partial charge in [-0.2, -0.15) is 0 Å². The first-order valence-electron chi connectivity index (χ1n) is 8.36. The zero-order valence-electron chi connectivity index (χ0n) is 15.2. The Morgan fingerprint density at radius 1 is 1.11 bits per heavy atom. The van der Waals surface area contributed by atoms with Crippen LogP contribution in [0.25, 0.3) is 0 Å². The highest BCUT2D eigenvalue weighted by atomic mass is 32.2. The van der Waals surface area contributed by atoms with Gasteiger partial charge in [0.2, 0.25) is 5.91 Å². The largest absolute Gasteiger partial charge is 0.383 e. The van der Waals surface area contributed by atoms with Crippen LogP contribution >= 0.6 is 23.5 Å². The second-order valence-corrected chi connectivity index (χ2v) is 7.68. The van der Waals surface area contributed by atoms with Crippen LogP contribution in [0.2, 0.25) is 0 Å². The molecule has 0 aliphatic carbocycles. The summed E-state index contributed by atoms with van der Waals surface area (Å²) in [7, 11) is 1.86. The monoisotopic (exact) mass is 416 g/mol. The van der Waals surface area contributed by atoms with Gasteiger partial charge in [0.25, 0.3) is 0 Å². The molecule has 0 aliphatic rings. The first-order chi connectivity index (χ1) is 13.5. The van der Waals surface area contributed by atoms with Crippen molar-refractivity contribution in [3.63, 3.8) is 0 Å². The number of carbonyl (C=O) groups is 1. The number of nitrogen functional groups attached to an aromatic ring is 2. The van der Waals surface area contributed by atoms with Crippen molar-refractivity contribution >= 4 is 41.1 Å². The highest BCUT2D eigenvalue weighted by Gasteiger charge is 2.13. The Morgan fingerprint density at radius 2 is 1.82 bits per heavy atom. The van der Waals surface area contributed by atoms with E-state index in [0.717, 1.165) is 11.4 Å². The van der Waals surface area contributed by atoms with Crippen LogP contribution in [0.3, 0.4) is 0 Å². The second-order valence-electron chi connectivity index (χ2n) is 5.80. The number of thioether (sulfide) groups is 2. The van der Waals surface area contributed by atoms with Crippen molar-refractivity contribution in [2.24, 2.45) is 7.05 Å². The molecule has 0 saturated heterocycles. The lowest BCUT2D eigenvalue weighted by molar-refractivity contribution is -0.118. The molecule has 2 heterocycles. The van der Waals surface area contributed by atoms with Crippen LogP contribution in [0, 0.1) is 0 Å². The Balaban J connectivity index is 1.49. The van der Waals surface area contributed by atoms with E-state index in [4.69, 9.17) is 11.5 Å². The molecule has 0 atom stereocenters. The molecule has 28 heavy (non-hydrogen) atoms. The lowest BCUT2D eigenvalue weighted by atomic mass is 10.2. The lowest BCUT2D eigenvalue weighted by Crippen LogP contribution is -2.24. The van der Waals surface area contributed by atoms with Gasteiger partial charge in [-0.25, -0.2) is 9.97 Å². The van der Waals surface area contributed by atoms with Crippen molar-refractivity contribution in [1.29, 1.82) is 0 Å². The smallest absolute Gasteiger partial charge is 0.230 e. The molecule has 3 rings (SSSR count). The molecular formula is C17H20N8OS2. The van der Waals surface area contributed by atoms with Crippen LogP contribution in [-0.2, 0) is 24.1 Å². The Labute approximate surface area is 170 Å². The van der Waals surface area contributed by atoms with Gasteiger partial charge in [0.05, 0.1) is 11.5 Å². The van der Waals surface area contributed by atoms with Gasteiger partial charge >= 0.3 is 0 Å². The van der Waals surface area contributed by atoms with Gasteiger partial charge in [-0.05, 0) is 5.56 Å². The highest BCUT2D eigenvalue weighted by Crippen LogP contribution is 2.22. The normalized spacial score (nSPS) is 10.8. The van der Waals surface area contributed by atoms with Gasteiger partial charge in [0.15, 0.2) is 10.3 Å². The van der Waals surface area contributed by atoms with E-state index in [1.165, 1.54) is 29.6 Å². The fourth-order valence-electron chi connectivity index (χ4n) is 2.23.